The molecule has 0 atom stereocenters. The van der Waals surface area contributed by atoms with Crippen LogP contribution in [0.4, 0.5) is 5.69 Å². The van der Waals surface area contributed by atoms with Crippen molar-refractivity contribution in [3.63, 3.8) is 0 Å². The Kier molecular flexibility index (Phi) is 6.29. The van der Waals surface area contributed by atoms with E-state index in [-0.39, 0.29) is 0 Å². The summed E-state index contributed by atoms with van der Waals surface area (Å²) in [6, 6.07) is 7.73. The number of nitrogens with zero attached hydrogens (tertiary/aromatic N) is 4. The van der Waals surface area contributed by atoms with Gasteiger partial charge in [-0.3, -0.25) is 9.36 Å². The predicted molar refractivity (Wildman–Crippen MR) is 111 cm³/mol. The van der Waals surface area contributed by atoms with Crippen LogP contribution in [0.25, 0.3) is 0 Å². The number of aromatic nitrogens is 4. The molecule has 0 bridgehead atoms. The molecule has 0 saturated carbocycles. The van der Waals surface area contributed by atoms with E-state index in [0.717, 1.165) is 33.0 Å². The lowest BCUT2D eigenvalue weighted by atomic mass is 10.2. The van der Waals surface area contributed by atoms with Gasteiger partial charge in [0.05, 0.1) is 41.3 Å². The van der Waals surface area contributed by atoms with Gasteiger partial charge in [0.1, 0.15) is 0 Å². The van der Waals surface area contributed by atoms with Gasteiger partial charge in [-0.2, -0.15) is 10.2 Å². The number of hydrogen-bond donors (Lipinski definition) is 2. The number of rotatable bonds is 6. The van der Waals surface area contributed by atoms with E-state index in [1.54, 1.807) is 12.4 Å². The van der Waals surface area contributed by atoms with Gasteiger partial charge in [-0.1, -0.05) is 29.8 Å². The average molecular weight is 454 g/mol. The van der Waals surface area contributed by atoms with E-state index in [9.17, 15) is 0 Å². The van der Waals surface area contributed by atoms with Gasteiger partial charge in [0.25, 0.3) is 0 Å². The minimum Gasteiger partial charge on any atom is -0.357 e. The van der Waals surface area contributed by atoms with Crippen molar-refractivity contribution < 1.29 is 0 Å². The Morgan fingerprint density at radius 1 is 1.27 bits per heavy atom. The number of thiocarbonyl (C=S) groups is 1. The quantitative estimate of drug-likeness (QED) is 0.551. The summed E-state index contributed by atoms with van der Waals surface area (Å²) in [5.74, 6) is 0. The molecule has 0 amide bonds. The Labute approximate surface area is 170 Å². The van der Waals surface area contributed by atoms with E-state index >= 15 is 0 Å². The number of benzene rings is 1. The molecule has 0 radical (unpaired) electrons. The highest BCUT2D eigenvalue weighted by molar-refractivity contribution is 9.10. The van der Waals surface area contributed by atoms with Gasteiger partial charge in [-0.25, -0.2) is 0 Å². The molecule has 1 aromatic carbocycles. The second kappa shape index (κ2) is 8.66. The van der Waals surface area contributed by atoms with E-state index in [1.807, 2.05) is 46.7 Å². The van der Waals surface area contributed by atoms with Crippen molar-refractivity contribution in [3.05, 3.63) is 63.6 Å². The minimum atomic E-state index is 0.526. The first kappa shape index (κ1) is 18.9. The van der Waals surface area contributed by atoms with Gasteiger partial charge in [-0.15, -0.1) is 0 Å². The van der Waals surface area contributed by atoms with Gasteiger partial charge >= 0.3 is 0 Å². The topological polar surface area (TPSA) is 59.7 Å². The van der Waals surface area contributed by atoms with Crippen LogP contribution in [0, 0.1) is 0 Å². The number of hydrogen-bond acceptors (Lipinski definition) is 3. The van der Waals surface area contributed by atoms with Crippen molar-refractivity contribution >= 4 is 50.5 Å². The van der Waals surface area contributed by atoms with Crippen molar-refractivity contribution in [1.29, 1.82) is 0 Å². The van der Waals surface area contributed by atoms with Crippen LogP contribution in [-0.2, 0) is 19.6 Å². The number of aryl methyl sites for hydroxylation is 1. The molecule has 0 aliphatic heterocycles. The summed E-state index contributed by atoms with van der Waals surface area (Å²) in [5, 5.41) is 16.2. The van der Waals surface area contributed by atoms with Crippen molar-refractivity contribution in [2.24, 2.45) is 0 Å². The summed E-state index contributed by atoms with van der Waals surface area (Å²) in [6.45, 7) is 4.03. The molecule has 136 valence electrons. The van der Waals surface area contributed by atoms with Crippen molar-refractivity contribution in [1.82, 2.24) is 24.9 Å². The van der Waals surface area contributed by atoms with Crippen molar-refractivity contribution in [2.75, 3.05) is 5.32 Å². The monoisotopic (exact) mass is 452 g/mol. The van der Waals surface area contributed by atoms with E-state index in [4.69, 9.17) is 23.8 Å². The summed E-state index contributed by atoms with van der Waals surface area (Å²) >= 11 is 15.1. The molecule has 0 fully saturated rings. The molecule has 0 saturated heterocycles. The van der Waals surface area contributed by atoms with Crippen LogP contribution in [-0.4, -0.2) is 24.7 Å². The molecule has 2 aromatic heterocycles. The van der Waals surface area contributed by atoms with E-state index in [0.29, 0.717) is 18.2 Å². The zero-order chi connectivity index (χ0) is 18.5. The van der Waals surface area contributed by atoms with Gasteiger partial charge < -0.3 is 10.6 Å². The summed E-state index contributed by atoms with van der Waals surface area (Å²) in [5.41, 5.74) is 2.88. The van der Waals surface area contributed by atoms with Gasteiger partial charge in [0.15, 0.2) is 5.11 Å². The van der Waals surface area contributed by atoms with E-state index < -0.39 is 0 Å². The molecule has 26 heavy (non-hydrogen) atoms. The first-order chi connectivity index (χ1) is 12.6. The molecule has 2 N–H and O–H groups in total. The van der Waals surface area contributed by atoms with Crippen LogP contribution < -0.4 is 10.6 Å². The first-order valence-corrected chi connectivity index (χ1v) is 9.65. The second-order valence-electron chi connectivity index (χ2n) is 5.58. The third-order valence-corrected chi connectivity index (χ3v) is 5.07. The Morgan fingerprint density at radius 3 is 2.85 bits per heavy atom. The Morgan fingerprint density at radius 2 is 2.08 bits per heavy atom. The predicted octanol–water partition coefficient (Wildman–Crippen LogP) is 4.05. The highest BCUT2D eigenvalue weighted by Crippen LogP contribution is 2.17. The standard InChI is InChI=1S/C17H18BrClN6S/c1-2-25-16(14(18)8-22-25)9-20-17(26)23-13-7-21-24(11-13)10-12-5-3-4-6-15(12)19/h3-8,11H,2,9-10H2,1H3,(H2,20,23,26). The van der Waals surface area contributed by atoms with Crippen LogP contribution >= 0.6 is 39.7 Å². The van der Waals surface area contributed by atoms with Gasteiger partial charge in [0.2, 0.25) is 0 Å². The molecule has 2 heterocycles. The summed E-state index contributed by atoms with van der Waals surface area (Å²) in [7, 11) is 0. The number of nitrogens with one attached hydrogen (secondary N) is 2. The van der Waals surface area contributed by atoms with Crippen LogP contribution in [0.1, 0.15) is 18.2 Å². The lowest BCUT2D eigenvalue weighted by molar-refractivity contribution is 0.613. The van der Waals surface area contributed by atoms with E-state index in [1.165, 1.54) is 0 Å². The average Bonchev–Trinajstić information content (AvgIpc) is 3.21. The summed E-state index contributed by atoms with van der Waals surface area (Å²) in [6.07, 6.45) is 5.41. The fourth-order valence-corrected chi connectivity index (χ4v) is 3.31. The van der Waals surface area contributed by atoms with Crippen LogP contribution in [0.5, 0.6) is 0 Å². The molecule has 0 unspecified atom stereocenters. The minimum absolute atomic E-state index is 0.526. The largest absolute Gasteiger partial charge is 0.357 e. The maximum Gasteiger partial charge on any atom is 0.171 e. The molecule has 3 rings (SSSR count). The van der Waals surface area contributed by atoms with Crippen LogP contribution in [0.3, 0.4) is 0 Å². The molecule has 0 aliphatic carbocycles. The normalized spacial score (nSPS) is 10.7. The van der Waals surface area contributed by atoms with Crippen LogP contribution in [0.2, 0.25) is 5.02 Å². The number of halogens is 2. The molecule has 0 spiro atoms. The SMILES string of the molecule is CCn1ncc(Br)c1CNC(=S)Nc1cnn(Cc2ccccc2Cl)c1. The maximum atomic E-state index is 6.19. The first-order valence-electron chi connectivity index (χ1n) is 8.07. The zero-order valence-corrected chi connectivity index (χ0v) is 17.3. The third-order valence-electron chi connectivity index (χ3n) is 3.79. The zero-order valence-electron chi connectivity index (χ0n) is 14.1. The molecular weight excluding hydrogens is 436 g/mol. The highest BCUT2D eigenvalue weighted by Gasteiger charge is 2.09. The molecular formula is C17H18BrClN6S. The lowest BCUT2D eigenvalue weighted by Gasteiger charge is -2.10. The van der Waals surface area contributed by atoms with Gasteiger partial charge in [-0.05, 0) is 46.7 Å². The maximum absolute atomic E-state index is 6.19. The Balaban J connectivity index is 1.56. The Hall–Kier alpha value is -1.90. The second-order valence-corrected chi connectivity index (χ2v) is 7.25. The molecule has 0 aliphatic rings. The Bertz CT molecular complexity index is 906. The molecule has 3 aromatic rings. The van der Waals surface area contributed by atoms with Crippen molar-refractivity contribution in [2.45, 2.75) is 26.6 Å². The number of anilines is 1. The van der Waals surface area contributed by atoms with Crippen molar-refractivity contribution in [3.8, 4) is 0 Å². The summed E-state index contributed by atoms with van der Waals surface area (Å²) in [4.78, 5) is 0. The molecule has 6 nitrogen and oxygen atoms in total. The smallest absolute Gasteiger partial charge is 0.171 e. The summed E-state index contributed by atoms with van der Waals surface area (Å²) < 4.78 is 4.69. The fraction of sp³-hybridized carbons (Fsp3) is 0.235. The molecule has 9 heteroatoms. The van der Waals surface area contributed by atoms with Crippen LogP contribution in [0.15, 0.2) is 47.3 Å². The van der Waals surface area contributed by atoms with E-state index in [2.05, 4.69) is 36.8 Å². The third kappa shape index (κ3) is 4.63. The fourth-order valence-electron chi connectivity index (χ4n) is 2.49. The van der Waals surface area contributed by atoms with Gasteiger partial charge in [0, 0.05) is 17.8 Å². The highest BCUT2D eigenvalue weighted by atomic mass is 79.9. The lowest BCUT2D eigenvalue weighted by Crippen LogP contribution is -2.29.